The molecule has 3 atom stereocenters. The van der Waals surface area contributed by atoms with Gasteiger partial charge in [0.1, 0.15) is 5.75 Å². The van der Waals surface area contributed by atoms with Gasteiger partial charge in [0.2, 0.25) is 0 Å². The van der Waals surface area contributed by atoms with E-state index in [1.54, 1.807) is 0 Å². The second-order valence-corrected chi connectivity index (χ2v) is 6.90. The molecule has 0 spiro atoms. The highest BCUT2D eigenvalue weighted by Gasteiger charge is 2.28. The molecule has 24 heavy (non-hydrogen) atoms. The molecular weight excluding hydrogens is 300 g/mol. The highest BCUT2D eigenvalue weighted by molar-refractivity contribution is 5.58. The number of nitrogens with one attached hydrogen (secondary N) is 1. The van der Waals surface area contributed by atoms with Crippen LogP contribution >= 0.6 is 0 Å². The fourth-order valence-corrected chi connectivity index (χ4v) is 3.85. The third-order valence-electron chi connectivity index (χ3n) is 5.22. The Morgan fingerprint density at radius 3 is 3.04 bits per heavy atom. The lowest BCUT2D eigenvalue weighted by molar-refractivity contribution is -0.00507. The number of rotatable bonds is 1. The standard InChI is InChI=1S/C20H26N2O2/c1-22-14-20(24-12-9-15-5-2-3-6-18(15)22)16-7-8-17-19(13-16)23-11-4-10-21-17/h2-3,5-8,13,15,18,20-21H,4,9-12,14H2,1H3. The summed E-state index contributed by atoms with van der Waals surface area (Å²) in [5.74, 6) is 1.51. The minimum atomic E-state index is 0.0902. The summed E-state index contributed by atoms with van der Waals surface area (Å²) < 4.78 is 12.1. The molecule has 1 saturated heterocycles. The summed E-state index contributed by atoms with van der Waals surface area (Å²) in [6.07, 6.45) is 11.1. The van der Waals surface area contributed by atoms with Crippen molar-refractivity contribution in [2.75, 3.05) is 38.7 Å². The van der Waals surface area contributed by atoms with Crippen LogP contribution in [0.1, 0.15) is 24.5 Å². The molecule has 3 aliphatic rings. The van der Waals surface area contributed by atoms with Gasteiger partial charge in [-0.05, 0) is 43.5 Å². The van der Waals surface area contributed by atoms with Gasteiger partial charge >= 0.3 is 0 Å². The van der Waals surface area contributed by atoms with Crippen LogP contribution in [0.2, 0.25) is 0 Å². The molecule has 4 nitrogen and oxygen atoms in total. The van der Waals surface area contributed by atoms with Crippen LogP contribution in [0.4, 0.5) is 5.69 Å². The van der Waals surface area contributed by atoms with Crippen molar-refractivity contribution in [2.45, 2.75) is 25.0 Å². The molecule has 0 bridgehead atoms. The van der Waals surface area contributed by atoms with Crippen LogP contribution in [0.3, 0.4) is 0 Å². The summed E-state index contributed by atoms with van der Waals surface area (Å²) in [5.41, 5.74) is 2.30. The van der Waals surface area contributed by atoms with E-state index in [2.05, 4.69) is 59.8 Å². The molecule has 1 aromatic carbocycles. The summed E-state index contributed by atoms with van der Waals surface area (Å²) in [6.45, 7) is 3.44. The van der Waals surface area contributed by atoms with Gasteiger partial charge in [0, 0.05) is 25.7 Å². The third kappa shape index (κ3) is 3.21. The van der Waals surface area contributed by atoms with Crippen molar-refractivity contribution in [1.82, 2.24) is 4.90 Å². The maximum Gasteiger partial charge on any atom is 0.142 e. The van der Waals surface area contributed by atoms with Crippen molar-refractivity contribution in [2.24, 2.45) is 5.92 Å². The molecule has 1 fully saturated rings. The van der Waals surface area contributed by atoms with Crippen LogP contribution < -0.4 is 10.1 Å². The Morgan fingerprint density at radius 1 is 1.17 bits per heavy atom. The molecule has 0 saturated carbocycles. The summed E-state index contributed by atoms with van der Waals surface area (Å²) >= 11 is 0. The number of nitrogens with zero attached hydrogens (tertiary/aromatic N) is 1. The molecule has 4 heteroatoms. The van der Waals surface area contributed by atoms with Crippen molar-refractivity contribution in [3.05, 3.63) is 48.1 Å². The van der Waals surface area contributed by atoms with E-state index in [1.165, 1.54) is 5.56 Å². The summed E-state index contributed by atoms with van der Waals surface area (Å²) in [7, 11) is 2.20. The topological polar surface area (TPSA) is 33.7 Å². The highest BCUT2D eigenvalue weighted by Crippen LogP contribution is 2.33. The number of ether oxygens (including phenoxy) is 2. The predicted octanol–water partition coefficient (Wildman–Crippen LogP) is 3.39. The Balaban J connectivity index is 1.54. The van der Waals surface area contributed by atoms with Gasteiger partial charge in [-0.25, -0.2) is 0 Å². The first-order valence-corrected chi connectivity index (χ1v) is 8.99. The number of likely N-dealkylation sites (N-methyl/N-ethyl adjacent to an activating group) is 1. The van der Waals surface area contributed by atoms with Gasteiger partial charge in [0.15, 0.2) is 0 Å². The molecule has 4 rings (SSSR count). The first-order chi connectivity index (χ1) is 11.8. The van der Waals surface area contributed by atoms with E-state index in [0.717, 1.165) is 50.6 Å². The van der Waals surface area contributed by atoms with Crippen molar-refractivity contribution in [1.29, 1.82) is 0 Å². The van der Waals surface area contributed by atoms with Crippen molar-refractivity contribution in [3.63, 3.8) is 0 Å². The Labute approximate surface area is 144 Å². The first-order valence-electron chi connectivity index (χ1n) is 8.99. The Bertz CT molecular complexity index is 641. The van der Waals surface area contributed by atoms with Gasteiger partial charge in [0.25, 0.3) is 0 Å². The normalized spacial score (nSPS) is 30.1. The van der Waals surface area contributed by atoms with E-state index in [1.807, 2.05) is 0 Å². The molecule has 3 unspecified atom stereocenters. The summed E-state index contributed by atoms with van der Waals surface area (Å²) in [4.78, 5) is 2.42. The summed E-state index contributed by atoms with van der Waals surface area (Å²) in [6, 6.07) is 6.93. The number of benzene rings is 1. The van der Waals surface area contributed by atoms with Gasteiger partial charge in [0.05, 0.1) is 18.4 Å². The number of allylic oxidation sites excluding steroid dienone is 2. The average Bonchev–Trinajstić information content (AvgIpc) is 2.84. The molecule has 0 amide bonds. The monoisotopic (exact) mass is 326 g/mol. The zero-order chi connectivity index (χ0) is 16.4. The van der Waals surface area contributed by atoms with Crippen LogP contribution in [0, 0.1) is 5.92 Å². The first kappa shape index (κ1) is 15.7. The van der Waals surface area contributed by atoms with Gasteiger partial charge in [-0.1, -0.05) is 30.4 Å². The molecular formula is C20H26N2O2. The van der Waals surface area contributed by atoms with Crippen LogP contribution in [0.25, 0.3) is 0 Å². The van der Waals surface area contributed by atoms with Crippen molar-refractivity contribution < 1.29 is 9.47 Å². The van der Waals surface area contributed by atoms with Gasteiger partial charge < -0.3 is 14.8 Å². The molecule has 1 N–H and O–H groups in total. The zero-order valence-electron chi connectivity index (χ0n) is 14.3. The molecule has 2 heterocycles. The van der Waals surface area contributed by atoms with Crippen LogP contribution in [-0.4, -0.2) is 44.3 Å². The lowest BCUT2D eigenvalue weighted by Crippen LogP contribution is -2.42. The number of fused-ring (bicyclic) bond motifs is 2. The Kier molecular flexibility index (Phi) is 4.58. The Hall–Kier alpha value is -1.78. The van der Waals surface area contributed by atoms with E-state index in [9.17, 15) is 0 Å². The number of hydrogen-bond donors (Lipinski definition) is 1. The van der Waals surface area contributed by atoms with E-state index < -0.39 is 0 Å². The van der Waals surface area contributed by atoms with E-state index in [-0.39, 0.29) is 6.10 Å². The maximum absolute atomic E-state index is 6.24. The predicted molar refractivity (Wildman–Crippen MR) is 96.5 cm³/mol. The lowest BCUT2D eigenvalue weighted by atomic mass is 9.90. The second-order valence-electron chi connectivity index (χ2n) is 6.90. The van der Waals surface area contributed by atoms with Gasteiger partial charge in [-0.15, -0.1) is 0 Å². The third-order valence-corrected chi connectivity index (χ3v) is 5.22. The fourth-order valence-electron chi connectivity index (χ4n) is 3.85. The smallest absolute Gasteiger partial charge is 0.142 e. The van der Waals surface area contributed by atoms with Crippen LogP contribution in [0.15, 0.2) is 42.5 Å². The number of anilines is 1. The SMILES string of the molecule is CN1CC(c2ccc3c(c2)OCCCN3)OCCC2C=CC=CC21. The second kappa shape index (κ2) is 6.99. The number of hydrogen-bond acceptors (Lipinski definition) is 4. The van der Waals surface area contributed by atoms with Crippen molar-refractivity contribution >= 4 is 5.69 Å². The highest BCUT2D eigenvalue weighted by atomic mass is 16.5. The molecule has 2 aliphatic heterocycles. The van der Waals surface area contributed by atoms with E-state index >= 15 is 0 Å². The summed E-state index contributed by atoms with van der Waals surface area (Å²) in [5, 5.41) is 3.43. The fraction of sp³-hybridized carbons (Fsp3) is 0.500. The molecule has 0 aromatic heterocycles. The van der Waals surface area contributed by atoms with E-state index in [0.29, 0.717) is 12.0 Å². The quantitative estimate of drug-likeness (QED) is 0.858. The largest absolute Gasteiger partial charge is 0.491 e. The lowest BCUT2D eigenvalue weighted by Gasteiger charge is -2.37. The van der Waals surface area contributed by atoms with E-state index in [4.69, 9.17) is 9.47 Å². The minimum Gasteiger partial charge on any atom is -0.491 e. The molecule has 1 aromatic rings. The van der Waals surface area contributed by atoms with Crippen LogP contribution in [-0.2, 0) is 4.74 Å². The van der Waals surface area contributed by atoms with Crippen LogP contribution in [0.5, 0.6) is 5.75 Å². The Morgan fingerprint density at radius 2 is 2.08 bits per heavy atom. The molecule has 128 valence electrons. The van der Waals surface area contributed by atoms with Gasteiger partial charge in [-0.3, -0.25) is 4.90 Å². The minimum absolute atomic E-state index is 0.0902. The van der Waals surface area contributed by atoms with Gasteiger partial charge in [-0.2, -0.15) is 0 Å². The average molecular weight is 326 g/mol. The maximum atomic E-state index is 6.24. The molecule has 0 radical (unpaired) electrons. The van der Waals surface area contributed by atoms with Crippen molar-refractivity contribution in [3.8, 4) is 5.75 Å². The molecule has 1 aliphatic carbocycles. The zero-order valence-corrected chi connectivity index (χ0v) is 14.3.